The van der Waals surface area contributed by atoms with E-state index in [1.165, 1.54) is 11.1 Å². The molecule has 1 fully saturated rings. The van der Waals surface area contributed by atoms with Crippen molar-refractivity contribution in [1.82, 2.24) is 10.2 Å². The standard InChI is InChI=1S/C17H24N2O/c1-17(2)7-9-19(10-8-17)16(20)15-12-18-11-13-5-3-4-6-14(13)15/h3-6,15,18H,7-12H2,1-2H3. The van der Waals surface area contributed by atoms with Crippen molar-refractivity contribution in [3.05, 3.63) is 35.4 Å². The van der Waals surface area contributed by atoms with E-state index in [2.05, 4.69) is 42.3 Å². The van der Waals surface area contributed by atoms with Gasteiger partial charge in [0.25, 0.3) is 0 Å². The Morgan fingerprint density at radius 2 is 1.95 bits per heavy atom. The summed E-state index contributed by atoms with van der Waals surface area (Å²) in [7, 11) is 0. The van der Waals surface area contributed by atoms with Crippen LogP contribution in [0, 0.1) is 5.41 Å². The van der Waals surface area contributed by atoms with Crippen LogP contribution in [0.25, 0.3) is 0 Å². The van der Waals surface area contributed by atoms with Gasteiger partial charge in [0.2, 0.25) is 5.91 Å². The van der Waals surface area contributed by atoms with E-state index in [-0.39, 0.29) is 5.92 Å². The average Bonchev–Trinajstić information content (AvgIpc) is 2.46. The summed E-state index contributed by atoms with van der Waals surface area (Å²) in [6, 6.07) is 8.34. The van der Waals surface area contributed by atoms with Crippen molar-refractivity contribution in [3.63, 3.8) is 0 Å². The number of hydrogen-bond donors (Lipinski definition) is 1. The van der Waals surface area contributed by atoms with Gasteiger partial charge in [0.05, 0.1) is 5.92 Å². The van der Waals surface area contributed by atoms with Gasteiger partial charge in [0.15, 0.2) is 0 Å². The van der Waals surface area contributed by atoms with Crippen molar-refractivity contribution >= 4 is 5.91 Å². The van der Waals surface area contributed by atoms with Gasteiger partial charge in [-0.2, -0.15) is 0 Å². The summed E-state index contributed by atoms with van der Waals surface area (Å²) in [5.74, 6) is 0.307. The first-order chi connectivity index (χ1) is 9.57. The van der Waals surface area contributed by atoms with Crippen LogP contribution in [0.3, 0.4) is 0 Å². The molecule has 1 unspecified atom stereocenters. The van der Waals surface area contributed by atoms with Crippen molar-refractivity contribution in [2.45, 2.75) is 39.2 Å². The molecule has 2 aliphatic heterocycles. The molecule has 0 aliphatic carbocycles. The zero-order valence-corrected chi connectivity index (χ0v) is 12.5. The zero-order chi connectivity index (χ0) is 14.2. The van der Waals surface area contributed by atoms with E-state index in [4.69, 9.17) is 0 Å². The summed E-state index contributed by atoms with van der Waals surface area (Å²) in [6.07, 6.45) is 2.22. The number of hydrogen-bond acceptors (Lipinski definition) is 2. The Kier molecular flexibility index (Phi) is 3.55. The van der Waals surface area contributed by atoms with Crippen molar-refractivity contribution < 1.29 is 4.79 Å². The Balaban J connectivity index is 1.76. The molecule has 2 heterocycles. The highest BCUT2D eigenvalue weighted by Gasteiger charge is 2.33. The van der Waals surface area contributed by atoms with Crippen LogP contribution in [0.1, 0.15) is 43.7 Å². The van der Waals surface area contributed by atoms with Crippen molar-refractivity contribution in [2.75, 3.05) is 19.6 Å². The Hall–Kier alpha value is -1.35. The molecule has 20 heavy (non-hydrogen) atoms. The molecule has 0 radical (unpaired) electrons. The van der Waals surface area contributed by atoms with Crippen LogP contribution < -0.4 is 5.32 Å². The van der Waals surface area contributed by atoms with E-state index in [0.717, 1.165) is 39.0 Å². The SMILES string of the molecule is CC1(C)CCN(C(=O)C2CNCc3ccccc32)CC1. The minimum Gasteiger partial charge on any atom is -0.342 e. The fourth-order valence-corrected chi connectivity index (χ4v) is 3.27. The van der Waals surface area contributed by atoms with E-state index in [0.29, 0.717) is 11.3 Å². The first kappa shape index (κ1) is 13.6. The van der Waals surface area contributed by atoms with Crippen LogP contribution in [0.2, 0.25) is 0 Å². The molecule has 1 saturated heterocycles. The predicted molar refractivity (Wildman–Crippen MR) is 80.5 cm³/mol. The predicted octanol–water partition coefficient (Wildman–Crippen LogP) is 2.52. The second-order valence-corrected chi connectivity index (χ2v) is 6.87. The van der Waals surface area contributed by atoms with Gasteiger partial charge in [-0.1, -0.05) is 38.1 Å². The summed E-state index contributed by atoms with van der Waals surface area (Å²) in [5.41, 5.74) is 2.88. The number of nitrogens with one attached hydrogen (secondary N) is 1. The second kappa shape index (κ2) is 5.21. The number of nitrogens with zero attached hydrogens (tertiary/aromatic N) is 1. The molecule has 1 amide bonds. The molecule has 1 N–H and O–H groups in total. The lowest BCUT2D eigenvalue weighted by Crippen LogP contribution is -2.46. The molecule has 0 bridgehead atoms. The lowest BCUT2D eigenvalue weighted by atomic mass is 9.82. The molecule has 0 saturated carbocycles. The number of carbonyl (C=O) groups excluding carboxylic acids is 1. The maximum absolute atomic E-state index is 12.8. The normalized spacial score (nSPS) is 25.1. The lowest BCUT2D eigenvalue weighted by Gasteiger charge is -2.39. The quantitative estimate of drug-likeness (QED) is 0.852. The van der Waals surface area contributed by atoms with Crippen LogP contribution in [0.15, 0.2) is 24.3 Å². The molecular weight excluding hydrogens is 248 g/mol. The minimum atomic E-state index is 0.00108. The Morgan fingerprint density at radius 1 is 1.25 bits per heavy atom. The topological polar surface area (TPSA) is 32.3 Å². The largest absolute Gasteiger partial charge is 0.342 e. The van der Waals surface area contributed by atoms with Crippen molar-refractivity contribution in [2.24, 2.45) is 5.41 Å². The van der Waals surface area contributed by atoms with E-state index in [9.17, 15) is 4.79 Å². The van der Waals surface area contributed by atoms with Gasteiger partial charge in [-0.15, -0.1) is 0 Å². The molecule has 1 aromatic rings. The van der Waals surface area contributed by atoms with Gasteiger partial charge < -0.3 is 10.2 Å². The number of rotatable bonds is 1. The summed E-state index contributed by atoms with van der Waals surface area (Å²) in [5, 5.41) is 3.38. The highest BCUT2D eigenvalue weighted by atomic mass is 16.2. The van der Waals surface area contributed by atoms with E-state index < -0.39 is 0 Å². The van der Waals surface area contributed by atoms with Gasteiger partial charge in [-0.25, -0.2) is 0 Å². The van der Waals surface area contributed by atoms with Crippen LogP contribution >= 0.6 is 0 Å². The highest BCUT2D eigenvalue weighted by Crippen LogP contribution is 2.32. The Bertz CT molecular complexity index is 499. The van der Waals surface area contributed by atoms with Crippen LogP contribution in [-0.4, -0.2) is 30.4 Å². The monoisotopic (exact) mass is 272 g/mol. The second-order valence-electron chi connectivity index (χ2n) is 6.87. The number of amides is 1. The first-order valence-electron chi connectivity index (χ1n) is 7.64. The smallest absolute Gasteiger partial charge is 0.231 e. The molecule has 3 rings (SSSR count). The maximum Gasteiger partial charge on any atom is 0.231 e. The van der Waals surface area contributed by atoms with Crippen molar-refractivity contribution in [3.8, 4) is 0 Å². The fraction of sp³-hybridized carbons (Fsp3) is 0.588. The molecule has 1 aromatic carbocycles. The molecule has 0 spiro atoms. The molecule has 108 valence electrons. The summed E-state index contributed by atoms with van der Waals surface area (Å²) < 4.78 is 0. The lowest BCUT2D eigenvalue weighted by molar-refractivity contribution is -0.135. The van der Waals surface area contributed by atoms with Crippen LogP contribution in [0.4, 0.5) is 0 Å². The van der Waals surface area contributed by atoms with Crippen molar-refractivity contribution in [1.29, 1.82) is 0 Å². The van der Waals surface area contributed by atoms with E-state index >= 15 is 0 Å². The first-order valence-corrected chi connectivity index (χ1v) is 7.64. The van der Waals surface area contributed by atoms with Gasteiger partial charge in [0.1, 0.15) is 0 Å². The van der Waals surface area contributed by atoms with Gasteiger partial charge >= 0.3 is 0 Å². The number of carbonyl (C=O) groups is 1. The number of benzene rings is 1. The minimum absolute atomic E-state index is 0.00108. The highest BCUT2D eigenvalue weighted by molar-refractivity contribution is 5.84. The van der Waals surface area contributed by atoms with Gasteiger partial charge in [0, 0.05) is 26.2 Å². The third kappa shape index (κ3) is 2.59. The molecule has 1 atom stereocenters. The maximum atomic E-state index is 12.8. The van der Waals surface area contributed by atoms with Crippen LogP contribution in [-0.2, 0) is 11.3 Å². The third-order valence-corrected chi connectivity index (χ3v) is 4.82. The summed E-state index contributed by atoms with van der Waals surface area (Å²) >= 11 is 0. The Morgan fingerprint density at radius 3 is 2.70 bits per heavy atom. The molecule has 3 heteroatoms. The molecule has 3 nitrogen and oxygen atoms in total. The number of fused-ring (bicyclic) bond motifs is 1. The summed E-state index contributed by atoms with van der Waals surface area (Å²) in [6.45, 7) is 8.07. The fourth-order valence-electron chi connectivity index (χ4n) is 3.27. The Labute approximate surface area is 121 Å². The molecule has 2 aliphatic rings. The third-order valence-electron chi connectivity index (χ3n) is 4.82. The molecule has 0 aromatic heterocycles. The average molecular weight is 272 g/mol. The van der Waals surface area contributed by atoms with E-state index in [1.807, 2.05) is 6.07 Å². The van der Waals surface area contributed by atoms with E-state index in [1.54, 1.807) is 0 Å². The molecular formula is C17H24N2O. The van der Waals surface area contributed by atoms with Crippen LogP contribution in [0.5, 0.6) is 0 Å². The number of likely N-dealkylation sites (tertiary alicyclic amines) is 1. The zero-order valence-electron chi connectivity index (χ0n) is 12.5. The summed E-state index contributed by atoms with van der Waals surface area (Å²) in [4.78, 5) is 14.9. The van der Waals surface area contributed by atoms with Gasteiger partial charge in [-0.3, -0.25) is 4.79 Å². The number of piperidine rings is 1. The van der Waals surface area contributed by atoms with Gasteiger partial charge in [-0.05, 0) is 29.4 Å².